The van der Waals surface area contributed by atoms with E-state index < -0.39 is 0 Å². The molecule has 29 heavy (non-hydrogen) atoms. The van der Waals surface area contributed by atoms with Crippen LogP contribution >= 0.6 is 0 Å². The molecule has 0 unspecified atom stereocenters. The molecule has 1 saturated carbocycles. The van der Waals surface area contributed by atoms with E-state index in [0.29, 0.717) is 0 Å². The summed E-state index contributed by atoms with van der Waals surface area (Å²) in [7, 11) is 1.94. The molecule has 0 bridgehead atoms. The summed E-state index contributed by atoms with van der Waals surface area (Å²) in [6.07, 6.45) is 5.79. The molecule has 4 nitrogen and oxygen atoms in total. The molecule has 152 valence electrons. The van der Waals surface area contributed by atoms with Crippen LogP contribution in [0.25, 0.3) is 0 Å². The lowest BCUT2D eigenvalue weighted by atomic mass is 10.1. The normalized spacial score (nSPS) is 20.8. The van der Waals surface area contributed by atoms with Gasteiger partial charge in [-0.05, 0) is 92.1 Å². The second-order valence-electron chi connectivity index (χ2n) is 8.99. The molecule has 0 spiro atoms. The summed E-state index contributed by atoms with van der Waals surface area (Å²) in [6, 6.07) is 14.8. The van der Waals surface area contributed by atoms with Gasteiger partial charge in [0.2, 0.25) is 0 Å². The Morgan fingerprint density at radius 3 is 2.52 bits per heavy atom. The SMILES string of the molecule is CN(C(=O)c1ccc(OCC2CC2)cc1)[C@@H]1Cc2ccc(CN3CCC3)cc2C1. The number of hydrogen-bond acceptors (Lipinski definition) is 3. The molecule has 2 aromatic rings. The van der Waals surface area contributed by atoms with Gasteiger partial charge < -0.3 is 9.64 Å². The van der Waals surface area contributed by atoms with E-state index in [0.717, 1.165) is 43.2 Å². The Morgan fingerprint density at radius 2 is 1.83 bits per heavy atom. The molecule has 4 heteroatoms. The highest BCUT2D eigenvalue weighted by Gasteiger charge is 2.28. The highest BCUT2D eigenvalue weighted by molar-refractivity contribution is 5.94. The van der Waals surface area contributed by atoms with Crippen LogP contribution in [-0.4, -0.2) is 48.5 Å². The quantitative estimate of drug-likeness (QED) is 0.718. The molecule has 0 N–H and O–H groups in total. The van der Waals surface area contributed by atoms with Crippen molar-refractivity contribution in [1.82, 2.24) is 9.80 Å². The van der Waals surface area contributed by atoms with Crippen LogP contribution in [0.5, 0.6) is 5.75 Å². The maximum Gasteiger partial charge on any atom is 0.253 e. The fourth-order valence-electron chi connectivity index (χ4n) is 4.38. The molecule has 1 atom stereocenters. The average molecular weight is 391 g/mol. The Labute approximate surface area is 173 Å². The standard InChI is InChI=1S/C25H30N2O2/c1-26(25(28)20-7-9-24(10-8-20)29-17-18-3-4-18)23-14-21-6-5-19(13-22(21)15-23)16-27-11-2-12-27/h5-10,13,18,23H,2-4,11-12,14-17H2,1H3/t23-/m1/s1. The van der Waals surface area contributed by atoms with Crippen molar-refractivity contribution in [2.45, 2.75) is 44.7 Å². The van der Waals surface area contributed by atoms with Gasteiger partial charge in [-0.2, -0.15) is 0 Å². The van der Waals surface area contributed by atoms with Crippen molar-refractivity contribution in [1.29, 1.82) is 0 Å². The van der Waals surface area contributed by atoms with E-state index in [1.807, 2.05) is 36.2 Å². The van der Waals surface area contributed by atoms with Gasteiger partial charge in [-0.25, -0.2) is 0 Å². The molecule has 0 aromatic heterocycles. The highest BCUT2D eigenvalue weighted by atomic mass is 16.5. The predicted molar refractivity (Wildman–Crippen MR) is 114 cm³/mol. The molecule has 0 radical (unpaired) electrons. The summed E-state index contributed by atoms with van der Waals surface area (Å²) in [5.74, 6) is 1.69. The van der Waals surface area contributed by atoms with E-state index in [2.05, 4.69) is 23.1 Å². The number of likely N-dealkylation sites (tertiary alicyclic amines) is 1. The van der Waals surface area contributed by atoms with E-state index in [1.165, 1.54) is 49.0 Å². The Hall–Kier alpha value is -2.33. The zero-order valence-corrected chi connectivity index (χ0v) is 17.3. The maximum absolute atomic E-state index is 13.0. The molecule has 1 saturated heterocycles. The van der Waals surface area contributed by atoms with Gasteiger partial charge >= 0.3 is 0 Å². The summed E-state index contributed by atoms with van der Waals surface area (Å²) < 4.78 is 5.79. The lowest BCUT2D eigenvalue weighted by Crippen LogP contribution is -2.37. The molecule has 2 aromatic carbocycles. The van der Waals surface area contributed by atoms with E-state index in [4.69, 9.17) is 4.74 Å². The summed E-state index contributed by atoms with van der Waals surface area (Å²) in [4.78, 5) is 17.4. The van der Waals surface area contributed by atoms with Crippen molar-refractivity contribution >= 4 is 5.91 Å². The van der Waals surface area contributed by atoms with Gasteiger partial charge in [0.15, 0.2) is 0 Å². The predicted octanol–water partition coefficient (Wildman–Crippen LogP) is 3.92. The monoisotopic (exact) mass is 390 g/mol. The summed E-state index contributed by atoms with van der Waals surface area (Å²) in [5, 5.41) is 0. The third-order valence-corrected chi connectivity index (χ3v) is 6.69. The number of likely N-dealkylation sites (N-methyl/N-ethyl adjacent to an activating group) is 1. The van der Waals surface area contributed by atoms with E-state index in [9.17, 15) is 4.79 Å². The number of amides is 1. The Kier molecular flexibility index (Phi) is 5.04. The number of fused-ring (bicyclic) bond motifs is 1. The molecule has 3 aliphatic rings. The van der Waals surface area contributed by atoms with Gasteiger partial charge in [0, 0.05) is 25.2 Å². The molecule has 1 heterocycles. The second-order valence-corrected chi connectivity index (χ2v) is 8.99. The van der Waals surface area contributed by atoms with E-state index in [1.54, 1.807) is 0 Å². The Balaban J connectivity index is 1.20. The highest BCUT2D eigenvalue weighted by Crippen LogP contribution is 2.30. The Bertz CT molecular complexity index is 884. The molecule has 1 amide bonds. The fourth-order valence-corrected chi connectivity index (χ4v) is 4.38. The van der Waals surface area contributed by atoms with Crippen molar-refractivity contribution in [2.75, 3.05) is 26.7 Å². The molecular formula is C25H30N2O2. The van der Waals surface area contributed by atoms with Gasteiger partial charge in [0.05, 0.1) is 6.61 Å². The molecule has 2 aliphatic carbocycles. The van der Waals surface area contributed by atoms with Gasteiger partial charge in [0.25, 0.3) is 5.91 Å². The van der Waals surface area contributed by atoms with E-state index in [-0.39, 0.29) is 11.9 Å². The van der Waals surface area contributed by atoms with Crippen LogP contribution in [0.15, 0.2) is 42.5 Å². The Morgan fingerprint density at radius 1 is 1.07 bits per heavy atom. The van der Waals surface area contributed by atoms with Crippen LogP contribution in [0.2, 0.25) is 0 Å². The van der Waals surface area contributed by atoms with Crippen molar-refractivity contribution < 1.29 is 9.53 Å². The fraction of sp³-hybridized carbons (Fsp3) is 0.480. The van der Waals surface area contributed by atoms with Gasteiger partial charge in [-0.15, -0.1) is 0 Å². The summed E-state index contributed by atoms with van der Waals surface area (Å²) >= 11 is 0. The number of ether oxygens (including phenoxy) is 1. The number of benzene rings is 2. The molecular weight excluding hydrogens is 360 g/mol. The minimum Gasteiger partial charge on any atom is -0.493 e. The maximum atomic E-state index is 13.0. The van der Waals surface area contributed by atoms with Crippen molar-refractivity contribution in [3.8, 4) is 5.75 Å². The average Bonchev–Trinajstić information content (AvgIpc) is 3.45. The van der Waals surface area contributed by atoms with Crippen molar-refractivity contribution in [3.63, 3.8) is 0 Å². The second kappa shape index (κ2) is 7.83. The van der Waals surface area contributed by atoms with Crippen molar-refractivity contribution in [2.24, 2.45) is 5.92 Å². The molecule has 2 fully saturated rings. The first-order valence-electron chi connectivity index (χ1n) is 11.0. The first kappa shape index (κ1) is 18.7. The zero-order chi connectivity index (χ0) is 19.8. The van der Waals surface area contributed by atoms with Crippen LogP contribution in [0, 0.1) is 5.92 Å². The first-order valence-corrected chi connectivity index (χ1v) is 11.0. The van der Waals surface area contributed by atoms with Crippen molar-refractivity contribution in [3.05, 3.63) is 64.7 Å². The van der Waals surface area contributed by atoms with Crippen LogP contribution in [0.1, 0.15) is 46.3 Å². The van der Waals surface area contributed by atoms with Gasteiger partial charge in [-0.1, -0.05) is 18.2 Å². The minimum absolute atomic E-state index is 0.0948. The topological polar surface area (TPSA) is 32.8 Å². The third-order valence-electron chi connectivity index (χ3n) is 6.69. The number of carbonyl (C=O) groups excluding carboxylic acids is 1. The minimum atomic E-state index is 0.0948. The van der Waals surface area contributed by atoms with Crippen LogP contribution in [0.4, 0.5) is 0 Å². The first-order chi connectivity index (χ1) is 14.2. The van der Waals surface area contributed by atoms with Crippen LogP contribution < -0.4 is 4.74 Å². The summed E-state index contributed by atoms with van der Waals surface area (Å²) in [5.41, 5.74) is 4.95. The lowest BCUT2D eigenvalue weighted by molar-refractivity contribution is 0.0737. The lowest BCUT2D eigenvalue weighted by Gasteiger charge is -2.30. The number of hydrogen-bond donors (Lipinski definition) is 0. The van der Waals surface area contributed by atoms with Gasteiger partial charge in [-0.3, -0.25) is 9.69 Å². The van der Waals surface area contributed by atoms with Gasteiger partial charge in [0.1, 0.15) is 5.75 Å². The largest absolute Gasteiger partial charge is 0.493 e. The summed E-state index contributed by atoms with van der Waals surface area (Å²) in [6.45, 7) is 4.30. The number of carbonyl (C=O) groups is 1. The zero-order valence-electron chi connectivity index (χ0n) is 17.3. The third kappa shape index (κ3) is 4.18. The smallest absolute Gasteiger partial charge is 0.253 e. The van der Waals surface area contributed by atoms with Crippen LogP contribution in [-0.2, 0) is 19.4 Å². The number of nitrogens with zero attached hydrogens (tertiary/aromatic N) is 2. The van der Waals surface area contributed by atoms with E-state index >= 15 is 0 Å². The van der Waals surface area contributed by atoms with Crippen LogP contribution in [0.3, 0.4) is 0 Å². The molecule has 1 aliphatic heterocycles. The number of rotatable bonds is 7. The molecule has 5 rings (SSSR count).